The Balaban J connectivity index is 2.76. The van der Waals surface area contributed by atoms with Crippen molar-refractivity contribution in [1.29, 1.82) is 0 Å². The van der Waals surface area contributed by atoms with Gasteiger partial charge in [0.2, 0.25) is 0 Å². The van der Waals surface area contributed by atoms with Gasteiger partial charge in [-0.15, -0.1) is 0 Å². The van der Waals surface area contributed by atoms with Crippen LogP contribution in [0.2, 0.25) is 0 Å². The Morgan fingerprint density at radius 3 is 2.47 bits per heavy atom. The molecule has 0 saturated carbocycles. The summed E-state index contributed by atoms with van der Waals surface area (Å²) in [6, 6.07) is 5.11. The number of anilines is 1. The minimum absolute atomic E-state index is 0.195. The van der Waals surface area contributed by atoms with E-state index in [4.69, 9.17) is 5.73 Å². The average molecular weight is 255 g/mol. The topological polar surface area (TPSA) is 60.2 Å². The van der Waals surface area contributed by atoms with Crippen molar-refractivity contribution in [2.75, 3.05) is 11.5 Å². The first kappa shape index (κ1) is 14.0. The summed E-state index contributed by atoms with van der Waals surface area (Å²) < 4.78 is 24.1. The molecule has 0 unspecified atom stereocenters. The Bertz CT molecular complexity index is 466. The van der Waals surface area contributed by atoms with Gasteiger partial charge in [-0.2, -0.15) is 0 Å². The normalized spacial score (nSPS) is 11.6. The Morgan fingerprint density at radius 2 is 1.88 bits per heavy atom. The molecule has 0 spiro atoms. The van der Waals surface area contributed by atoms with Crippen LogP contribution in [0.3, 0.4) is 0 Å². The van der Waals surface area contributed by atoms with E-state index in [1.807, 2.05) is 6.92 Å². The van der Waals surface area contributed by atoms with E-state index in [0.29, 0.717) is 12.1 Å². The zero-order valence-electron chi connectivity index (χ0n) is 10.6. The van der Waals surface area contributed by atoms with E-state index in [0.717, 1.165) is 24.8 Å². The SMILES string of the molecule is CCCCCCS(=O)(=O)c1ccc(C)cc1N. The molecule has 3 nitrogen and oxygen atoms in total. The highest BCUT2D eigenvalue weighted by Gasteiger charge is 2.16. The second kappa shape index (κ2) is 6.05. The van der Waals surface area contributed by atoms with Gasteiger partial charge in [-0.05, 0) is 31.0 Å². The average Bonchev–Trinajstić information content (AvgIpc) is 2.24. The van der Waals surface area contributed by atoms with Crippen molar-refractivity contribution in [2.24, 2.45) is 0 Å². The van der Waals surface area contributed by atoms with E-state index in [1.54, 1.807) is 18.2 Å². The minimum atomic E-state index is -3.21. The van der Waals surface area contributed by atoms with E-state index in [-0.39, 0.29) is 10.6 Å². The van der Waals surface area contributed by atoms with Crippen molar-refractivity contribution in [2.45, 2.75) is 44.4 Å². The zero-order chi connectivity index (χ0) is 12.9. The van der Waals surface area contributed by atoms with Gasteiger partial charge < -0.3 is 5.73 Å². The van der Waals surface area contributed by atoms with E-state index in [2.05, 4.69) is 6.92 Å². The van der Waals surface area contributed by atoms with Crippen molar-refractivity contribution in [3.63, 3.8) is 0 Å². The van der Waals surface area contributed by atoms with Gasteiger partial charge in [0.25, 0.3) is 0 Å². The lowest BCUT2D eigenvalue weighted by atomic mass is 10.2. The maximum Gasteiger partial charge on any atom is 0.180 e. The molecule has 1 aromatic carbocycles. The molecule has 1 rings (SSSR count). The van der Waals surface area contributed by atoms with Crippen molar-refractivity contribution in [1.82, 2.24) is 0 Å². The Kier molecular flexibility index (Phi) is 5.00. The van der Waals surface area contributed by atoms with Gasteiger partial charge in [0.15, 0.2) is 9.84 Å². The highest BCUT2D eigenvalue weighted by molar-refractivity contribution is 7.91. The third-order valence-corrected chi connectivity index (χ3v) is 4.64. The predicted molar refractivity (Wildman–Crippen MR) is 71.8 cm³/mol. The molecule has 1 aromatic rings. The summed E-state index contributed by atoms with van der Waals surface area (Å²) in [6.07, 6.45) is 3.86. The molecule has 0 bridgehead atoms. The molecule has 0 aliphatic carbocycles. The van der Waals surface area contributed by atoms with Crippen LogP contribution in [0.4, 0.5) is 5.69 Å². The van der Waals surface area contributed by atoms with Crippen LogP contribution in [-0.4, -0.2) is 14.2 Å². The Morgan fingerprint density at radius 1 is 1.18 bits per heavy atom. The fourth-order valence-electron chi connectivity index (χ4n) is 1.78. The highest BCUT2D eigenvalue weighted by Crippen LogP contribution is 2.21. The number of rotatable bonds is 6. The second-order valence-electron chi connectivity index (χ2n) is 4.42. The molecule has 0 amide bonds. The Hall–Kier alpha value is -1.03. The quantitative estimate of drug-likeness (QED) is 0.628. The molecule has 0 saturated heterocycles. The van der Waals surface area contributed by atoms with Crippen LogP contribution in [0.1, 0.15) is 38.2 Å². The van der Waals surface area contributed by atoms with Crippen LogP contribution in [0, 0.1) is 6.92 Å². The van der Waals surface area contributed by atoms with Crippen LogP contribution in [0.5, 0.6) is 0 Å². The summed E-state index contributed by atoms with van der Waals surface area (Å²) in [5.74, 6) is 0.195. The van der Waals surface area contributed by atoms with E-state index in [9.17, 15) is 8.42 Å². The number of nitrogen functional groups attached to an aromatic ring is 1. The largest absolute Gasteiger partial charge is 0.398 e. The number of unbranched alkanes of at least 4 members (excludes halogenated alkanes) is 3. The summed E-state index contributed by atoms with van der Waals surface area (Å²) in [5, 5.41) is 0. The minimum Gasteiger partial charge on any atom is -0.398 e. The van der Waals surface area contributed by atoms with Crippen LogP contribution in [0.15, 0.2) is 23.1 Å². The smallest absolute Gasteiger partial charge is 0.180 e. The maximum atomic E-state index is 12.0. The highest BCUT2D eigenvalue weighted by atomic mass is 32.2. The lowest BCUT2D eigenvalue weighted by Crippen LogP contribution is -2.09. The molecule has 96 valence electrons. The molecule has 17 heavy (non-hydrogen) atoms. The van der Waals surface area contributed by atoms with E-state index in [1.165, 1.54) is 0 Å². The first-order valence-corrected chi connectivity index (χ1v) is 7.71. The number of aryl methyl sites for hydroxylation is 1. The molecule has 0 fully saturated rings. The van der Waals surface area contributed by atoms with Gasteiger partial charge in [0, 0.05) is 0 Å². The van der Waals surface area contributed by atoms with Crippen LogP contribution in [-0.2, 0) is 9.84 Å². The summed E-state index contributed by atoms with van der Waals surface area (Å²) in [5.41, 5.74) is 7.10. The molecule has 0 heterocycles. The molecule has 0 aromatic heterocycles. The number of sulfone groups is 1. The third-order valence-electron chi connectivity index (χ3n) is 2.77. The molecular formula is C13H21NO2S. The summed E-state index contributed by atoms with van der Waals surface area (Å²) in [4.78, 5) is 0.277. The summed E-state index contributed by atoms with van der Waals surface area (Å²) in [6.45, 7) is 4.00. The third kappa shape index (κ3) is 4.04. The first-order chi connectivity index (χ1) is 7.97. The monoisotopic (exact) mass is 255 g/mol. The van der Waals surface area contributed by atoms with Crippen molar-refractivity contribution >= 4 is 15.5 Å². The second-order valence-corrected chi connectivity index (χ2v) is 6.50. The fourth-order valence-corrected chi connectivity index (χ4v) is 3.28. The van der Waals surface area contributed by atoms with Gasteiger partial charge in [-0.25, -0.2) is 8.42 Å². The molecule has 0 atom stereocenters. The number of benzene rings is 1. The zero-order valence-corrected chi connectivity index (χ0v) is 11.4. The van der Waals surface area contributed by atoms with Gasteiger partial charge >= 0.3 is 0 Å². The summed E-state index contributed by atoms with van der Waals surface area (Å²) in [7, 11) is -3.21. The standard InChI is InChI=1S/C13H21NO2S/c1-3-4-5-6-9-17(15,16)13-8-7-11(2)10-12(13)14/h7-8,10H,3-6,9,14H2,1-2H3. The van der Waals surface area contributed by atoms with E-state index >= 15 is 0 Å². The number of nitrogens with two attached hydrogens (primary N) is 1. The van der Waals surface area contributed by atoms with Gasteiger partial charge in [0.1, 0.15) is 0 Å². The van der Waals surface area contributed by atoms with Crippen molar-refractivity contribution in [3.8, 4) is 0 Å². The molecular weight excluding hydrogens is 234 g/mol. The van der Waals surface area contributed by atoms with E-state index < -0.39 is 9.84 Å². The number of hydrogen-bond acceptors (Lipinski definition) is 3. The van der Waals surface area contributed by atoms with Crippen LogP contribution >= 0.6 is 0 Å². The lowest BCUT2D eigenvalue weighted by Gasteiger charge is -2.08. The lowest BCUT2D eigenvalue weighted by molar-refractivity contribution is 0.589. The van der Waals surface area contributed by atoms with Crippen molar-refractivity contribution in [3.05, 3.63) is 23.8 Å². The van der Waals surface area contributed by atoms with Gasteiger partial charge in [-0.1, -0.05) is 32.3 Å². The van der Waals surface area contributed by atoms with Crippen LogP contribution in [0.25, 0.3) is 0 Å². The molecule has 2 N–H and O–H groups in total. The summed E-state index contributed by atoms with van der Waals surface area (Å²) >= 11 is 0. The maximum absolute atomic E-state index is 12.0. The predicted octanol–water partition coefficient (Wildman–Crippen LogP) is 2.93. The molecule has 0 radical (unpaired) electrons. The molecule has 4 heteroatoms. The Labute approximate surface area is 104 Å². The van der Waals surface area contributed by atoms with Crippen LogP contribution < -0.4 is 5.73 Å². The fraction of sp³-hybridized carbons (Fsp3) is 0.538. The van der Waals surface area contributed by atoms with Gasteiger partial charge in [-0.3, -0.25) is 0 Å². The molecule has 0 aliphatic rings. The van der Waals surface area contributed by atoms with Gasteiger partial charge in [0.05, 0.1) is 16.3 Å². The number of hydrogen-bond donors (Lipinski definition) is 1. The first-order valence-electron chi connectivity index (χ1n) is 6.06. The van der Waals surface area contributed by atoms with Crippen molar-refractivity contribution < 1.29 is 8.42 Å². The molecule has 0 aliphatic heterocycles.